The van der Waals surface area contributed by atoms with E-state index in [1.165, 1.54) is 37.3 Å². The quantitative estimate of drug-likeness (QED) is 0.307. The Balaban J connectivity index is 1.83. The summed E-state index contributed by atoms with van der Waals surface area (Å²) in [6.07, 6.45) is -13.1. The second-order valence-corrected chi connectivity index (χ2v) is 9.11. The van der Waals surface area contributed by atoms with Gasteiger partial charge >= 0.3 is 18.2 Å². The van der Waals surface area contributed by atoms with Crippen molar-refractivity contribution in [1.82, 2.24) is 9.55 Å². The SMILES string of the molecule is Cc1c(-c2ccc(Oc3ccc(C#N)cc3)c(OC(F)(F)F)c2)sc2c1c(=O)[nH]c(=O)n2CC(O)C(F)(F)F. The number of alkyl halides is 6. The molecule has 0 amide bonds. The van der Waals surface area contributed by atoms with Crippen LogP contribution in [0.1, 0.15) is 11.1 Å². The number of aliphatic hydroxyl groups excluding tert-OH is 1. The lowest BCUT2D eigenvalue weighted by Gasteiger charge is -2.16. The van der Waals surface area contributed by atoms with E-state index in [-0.39, 0.29) is 37.7 Å². The van der Waals surface area contributed by atoms with E-state index in [0.29, 0.717) is 21.5 Å². The molecule has 15 heteroatoms. The molecule has 204 valence electrons. The van der Waals surface area contributed by atoms with Crippen molar-refractivity contribution in [1.29, 1.82) is 5.26 Å². The number of thiophene rings is 1. The fourth-order valence-electron chi connectivity index (χ4n) is 3.66. The highest BCUT2D eigenvalue weighted by molar-refractivity contribution is 7.22. The van der Waals surface area contributed by atoms with Crippen molar-refractivity contribution in [2.75, 3.05) is 0 Å². The summed E-state index contributed by atoms with van der Waals surface area (Å²) in [5.74, 6) is -1.01. The predicted octanol–water partition coefficient (Wildman–Crippen LogP) is 5.21. The number of H-pyrrole nitrogens is 1. The molecule has 1 atom stereocenters. The summed E-state index contributed by atoms with van der Waals surface area (Å²) in [4.78, 5) is 26.6. The van der Waals surface area contributed by atoms with Gasteiger partial charge in [0.15, 0.2) is 17.6 Å². The largest absolute Gasteiger partial charge is 0.573 e. The molecule has 4 rings (SSSR count). The molecule has 0 aliphatic rings. The minimum atomic E-state index is -5.12. The molecule has 8 nitrogen and oxygen atoms in total. The van der Waals surface area contributed by atoms with Crippen molar-refractivity contribution < 1.29 is 40.9 Å². The van der Waals surface area contributed by atoms with Crippen LogP contribution in [-0.2, 0) is 6.54 Å². The molecular formula is C24H15F6N3O5S. The van der Waals surface area contributed by atoms with Crippen LogP contribution in [0, 0.1) is 18.3 Å². The van der Waals surface area contributed by atoms with Crippen molar-refractivity contribution in [2.45, 2.75) is 32.1 Å². The maximum atomic E-state index is 13.2. The zero-order valence-electron chi connectivity index (χ0n) is 19.5. The van der Waals surface area contributed by atoms with Gasteiger partial charge in [-0.25, -0.2) is 4.79 Å². The van der Waals surface area contributed by atoms with Gasteiger partial charge < -0.3 is 14.6 Å². The van der Waals surface area contributed by atoms with Gasteiger partial charge in [-0.1, -0.05) is 0 Å². The van der Waals surface area contributed by atoms with Crippen molar-refractivity contribution in [3.8, 4) is 33.8 Å². The predicted molar refractivity (Wildman–Crippen MR) is 127 cm³/mol. The summed E-state index contributed by atoms with van der Waals surface area (Å²) < 4.78 is 88.6. The van der Waals surface area contributed by atoms with Gasteiger partial charge in [0.2, 0.25) is 0 Å². The zero-order chi connectivity index (χ0) is 28.7. The normalized spacial score (nSPS) is 12.8. The summed E-state index contributed by atoms with van der Waals surface area (Å²) in [5.41, 5.74) is -1.57. The van der Waals surface area contributed by atoms with Gasteiger partial charge in [-0.05, 0) is 60.5 Å². The molecule has 0 saturated carbocycles. The van der Waals surface area contributed by atoms with Gasteiger partial charge in [0.25, 0.3) is 5.56 Å². The first-order valence-corrected chi connectivity index (χ1v) is 11.6. The lowest BCUT2D eigenvalue weighted by Crippen LogP contribution is -2.38. The maximum absolute atomic E-state index is 13.2. The Labute approximate surface area is 217 Å². The average molecular weight is 571 g/mol. The van der Waals surface area contributed by atoms with Crippen LogP contribution in [0.5, 0.6) is 17.2 Å². The molecule has 0 spiro atoms. The van der Waals surface area contributed by atoms with Crippen molar-refractivity contribution in [2.24, 2.45) is 0 Å². The topological polar surface area (TPSA) is 117 Å². The Bertz CT molecular complexity index is 1700. The molecule has 0 aliphatic carbocycles. The fourth-order valence-corrected chi connectivity index (χ4v) is 4.96. The van der Waals surface area contributed by atoms with Crippen LogP contribution in [0.4, 0.5) is 26.3 Å². The molecule has 0 fully saturated rings. The molecule has 39 heavy (non-hydrogen) atoms. The second-order valence-electron chi connectivity index (χ2n) is 8.11. The number of hydrogen-bond acceptors (Lipinski definition) is 7. The minimum Gasteiger partial charge on any atom is -0.453 e. The Kier molecular flexibility index (Phi) is 7.19. The van der Waals surface area contributed by atoms with Crippen LogP contribution < -0.4 is 20.7 Å². The summed E-state index contributed by atoms with van der Waals surface area (Å²) in [6.45, 7) is 0.193. The lowest BCUT2D eigenvalue weighted by atomic mass is 10.1. The number of halogens is 6. The Morgan fingerprint density at radius 3 is 2.33 bits per heavy atom. The number of nitrogens with zero attached hydrogens (tertiary/aromatic N) is 2. The van der Waals surface area contributed by atoms with Crippen LogP contribution in [0.2, 0.25) is 0 Å². The number of aliphatic hydroxyl groups is 1. The number of nitrogens with one attached hydrogen (secondary N) is 1. The molecule has 0 bridgehead atoms. The van der Waals surface area contributed by atoms with Gasteiger partial charge in [0.1, 0.15) is 10.6 Å². The van der Waals surface area contributed by atoms with Crippen LogP contribution in [0.25, 0.3) is 20.7 Å². The summed E-state index contributed by atoms with van der Waals surface area (Å²) in [5, 5.41) is 18.2. The zero-order valence-corrected chi connectivity index (χ0v) is 20.3. The van der Waals surface area contributed by atoms with E-state index < -0.39 is 42.2 Å². The molecule has 2 aromatic carbocycles. The molecule has 2 aromatic heterocycles. The highest BCUT2D eigenvalue weighted by atomic mass is 32.1. The van der Waals surface area contributed by atoms with E-state index >= 15 is 0 Å². The molecule has 1 unspecified atom stereocenters. The standard InChI is InChI=1S/C24H15F6N3O5S/c1-11-18-20(35)32-22(36)33(10-17(34)23(25,26)27)21(18)39-19(11)13-4-7-15(16(8-13)38-24(28,29)30)37-14-5-2-12(9-31)3-6-14/h2-8,17,34H,10H2,1H3,(H,32,35,36). The number of hydrogen-bond donors (Lipinski definition) is 2. The van der Waals surface area contributed by atoms with Gasteiger partial charge in [-0.2, -0.15) is 18.4 Å². The van der Waals surface area contributed by atoms with E-state index in [9.17, 15) is 41.0 Å². The number of aromatic nitrogens is 2. The molecule has 0 saturated heterocycles. The number of benzene rings is 2. The van der Waals surface area contributed by atoms with Crippen molar-refractivity contribution in [3.63, 3.8) is 0 Å². The first kappa shape index (κ1) is 27.7. The molecule has 2 N–H and O–H groups in total. The minimum absolute atomic E-state index is 0.0786. The molecule has 4 aromatic rings. The second kappa shape index (κ2) is 10.1. The van der Waals surface area contributed by atoms with Crippen LogP contribution in [0.3, 0.4) is 0 Å². The summed E-state index contributed by atoms with van der Waals surface area (Å²) >= 11 is 0.681. The Hall–Kier alpha value is -4.29. The van der Waals surface area contributed by atoms with E-state index in [1.54, 1.807) is 0 Å². The highest BCUT2D eigenvalue weighted by Gasteiger charge is 2.39. The van der Waals surface area contributed by atoms with E-state index in [1.807, 2.05) is 11.1 Å². The van der Waals surface area contributed by atoms with Crippen LogP contribution >= 0.6 is 11.3 Å². The summed E-state index contributed by atoms with van der Waals surface area (Å²) in [6, 6.07) is 10.8. The van der Waals surface area contributed by atoms with Crippen LogP contribution in [0.15, 0.2) is 52.1 Å². The van der Waals surface area contributed by atoms with Crippen LogP contribution in [-0.4, -0.2) is 33.3 Å². The van der Waals surface area contributed by atoms with Gasteiger partial charge in [0, 0.05) is 4.88 Å². The van der Waals surface area contributed by atoms with E-state index in [4.69, 9.17) is 10.00 Å². The molecule has 0 aliphatic heterocycles. The first-order chi connectivity index (χ1) is 18.2. The fraction of sp³-hybridized carbons (Fsp3) is 0.208. The number of nitriles is 1. The number of aromatic amines is 1. The van der Waals surface area contributed by atoms with E-state index in [2.05, 4.69) is 4.74 Å². The number of fused-ring (bicyclic) bond motifs is 1. The maximum Gasteiger partial charge on any atom is 0.573 e. The molecule has 2 heterocycles. The average Bonchev–Trinajstić information content (AvgIpc) is 3.19. The smallest absolute Gasteiger partial charge is 0.453 e. The number of rotatable bonds is 6. The first-order valence-electron chi connectivity index (χ1n) is 10.8. The van der Waals surface area contributed by atoms with Crippen molar-refractivity contribution in [3.05, 3.63) is 74.4 Å². The van der Waals surface area contributed by atoms with Crippen molar-refractivity contribution >= 4 is 21.6 Å². The molecular weight excluding hydrogens is 556 g/mol. The monoisotopic (exact) mass is 571 g/mol. The summed E-state index contributed by atoms with van der Waals surface area (Å²) in [7, 11) is 0. The van der Waals surface area contributed by atoms with Gasteiger partial charge in [-0.15, -0.1) is 24.5 Å². The number of aryl methyl sites for hydroxylation is 1. The Morgan fingerprint density at radius 1 is 1.08 bits per heavy atom. The van der Waals surface area contributed by atoms with E-state index in [0.717, 1.165) is 12.1 Å². The number of ether oxygens (including phenoxy) is 2. The molecule has 0 radical (unpaired) electrons. The Morgan fingerprint density at radius 2 is 1.74 bits per heavy atom. The third-order valence-electron chi connectivity index (χ3n) is 5.44. The lowest BCUT2D eigenvalue weighted by molar-refractivity contribution is -0.275. The third kappa shape index (κ3) is 5.91. The third-order valence-corrected chi connectivity index (χ3v) is 6.81. The highest BCUT2D eigenvalue weighted by Crippen LogP contribution is 2.42. The van der Waals surface area contributed by atoms with Gasteiger partial charge in [0.05, 0.1) is 23.6 Å². The van der Waals surface area contributed by atoms with Gasteiger partial charge in [-0.3, -0.25) is 14.3 Å².